The van der Waals surface area contributed by atoms with Gasteiger partial charge in [0.25, 0.3) is 0 Å². The minimum Gasteiger partial charge on any atom is -0.492 e. The SMILES string of the molecule is CSN1CCC(COc2ccc(C)cc2Br)CC1. The summed E-state index contributed by atoms with van der Waals surface area (Å²) in [5.74, 6) is 1.66. The van der Waals surface area contributed by atoms with E-state index in [-0.39, 0.29) is 0 Å². The summed E-state index contributed by atoms with van der Waals surface area (Å²) in [5.41, 5.74) is 1.25. The molecule has 0 saturated carbocycles. The second-order valence-corrected chi connectivity index (χ2v) is 6.54. The maximum Gasteiger partial charge on any atom is 0.133 e. The summed E-state index contributed by atoms with van der Waals surface area (Å²) >= 11 is 5.41. The van der Waals surface area contributed by atoms with Gasteiger partial charge in [-0.3, -0.25) is 4.31 Å². The number of halogens is 1. The second-order valence-electron chi connectivity index (χ2n) is 4.80. The van der Waals surface area contributed by atoms with Crippen LogP contribution in [0.1, 0.15) is 18.4 Å². The third-order valence-corrected chi connectivity index (χ3v) is 4.89. The zero-order valence-corrected chi connectivity index (χ0v) is 13.4. The highest BCUT2D eigenvalue weighted by Gasteiger charge is 2.19. The first kappa shape index (κ1) is 14.2. The standard InChI is InChI=1S/C14H20BrNOS/c1-11-3-4-14(13(15)9-11)17-10-12-5-7-16(18-2)8-6-12/h3-4,9,12H,5-8,10H2,1-2H3. The van der Waals surface area contributed by atoms with Gasteiger partial charge >= 0.3 is 0 Å². The molecule has 1 aromatic rings. The van der Waals surface area contributed by atoms with E-state index in [2.05, 4.69) is 51.6 Å². The molecule has 4 heteroatoms. The van der Waals surface area contributed by atoms with Crippen LogP contribution in [0.3, 0.4) is 0 Å². The van der Waals surface area contributed by atoms with Crippen molar-refractivity contribution in [2.24, 2.45) is 5.92 Å². The van der Waals surface area contributed by atoms with E-state index < -0.39 is 0 Å². The minimum atomic E-state index is 0.696. The van der Waals surface area contributed by atoms with Gasteiger partial charge in [-0.15, -0.1) is 0 Å². The van der Waals surface area contributed by atoms with Crippen molar-refractivity contribution in [3.05, 3.63) is 28.2 Å². The lowest BCUT2D eigenvalue weighted by Crippen LogP contribution is -2.30. The van der Waals surface area contributed by atoms with Crippen LogP contribution in [0.5, 0.6) is 5.75 Å². The molecule has 1 saturated heterocycles. The summed E-state index contributed by atoms with van der Waals surface area (Å²) in [7, 11) is 0. The Balaban J connectivity index is 1.81. The average Bonchev–Trinajstić information content (AvgIpc) is 2.38. The Kier molecular flexibility index (Phi) is 5.39. The average molecular weight is 330 g/mol. The van der Waals surface area contributed by atoms with E-state index in [9.17, 15) is 0 Å². The fourth-order valence-corrected chi connectivity index (χ4v) is 3.37. The molecule has 1 aliphatic rings. The molecule has 0 atom stereocenters. The van der Waals surface area contributed by atoms with E-state index in [1.54, 1.807) is 0 Å². The molecule has 1 aliphatic heterocycles. The topological polar surface area (TPSA) is 12.5 Å². The first-order chi connectivity index (χ1) is 8.69. The number of ether oxygens (including phenoxy) is 1. The smallest absolute Gasteiger partial charge is 0.133 e. The first-order valence-corrected chi connectivity index (χ1v) is 8.34. The number of hydrogen-bond donors (Lipinski definition) is 0. The van der Waals surface area contributed by atoms with Crippen LogP contribution in [0.4, 0.5) is 0 Å². The van der Waals surface area contributed by atoms with Crippen LogP contribution in [0.25, 0.3) is 0 Å². The van der Waals surface area contributed by atoms with Gasteiger partial charge in [0.1, 0.15) is 5.75 Å². The van der Waals surface area contributed by atoms with E-state index in [0.29, 0.717) is 5.92 Å². The fraction of sp³-hybridized carbons (Fsp3) is 0.571. The number of piperidine rings is 1. The molecule has 0 unspecified atom stereocenters. The van der Waals surface area contributed by atoms with Crippen molar-refractivity contribution < 1.29 is 4.74 Å². The molecule has 0 radical (unpaired) electrons. The van der Waals surface area contributed by atoms with Crippen molar-refractivity contribution >= 4 is 27.9 Å². The lowest BCUT2D eigenvalue weighted by Gasteiger charge is -2.29. The van der Waals surface area contributed by atoms with E-state index in [1.165, 1.54) is 31.5 Å². The van der Waals surface area contributed by atoms with E-state index in [4.69, 9.17) is 4.74 Å². The zero-order valence-electron chi connectivity index (χ0n) is 11.0. The van der Waals surface area contributed by atoms with Crippen molar-refractivity contribution in [1.82, 2.24) is 4.31 Å². The lowest BCUT2D eigenvalue weighted by atomic mass is 9.99. The Hall–Kier alpha value is -0.190. The largest absolute Gasteiger partial charge is 0.492 e. The summed E-state index contributed by atoms with van der Waals surface area (Å²) in [5, 5.41) is 0. The molecule has 100 valence electrons. The summed E-state index contributed by atoms with van der Waals surface area (Å²) in [4.78, 5) is 0. The van der Waals surface area contributed by atoms with E-state index in [1.807, 2.05) is 11.9 Å². The quantitative estimate of drug-likeness (QED) is 0.771. The van der Waals surface area contributed by atoms with E-state index >= 15 is 0 Å². The highest BCUT2D eigenvalue weighted by molar-refractivity contribution is 9.10. The van der Waals surface area contributed by atoms with Gasteiger partial charge in [0.2, 0.25) is 0 Å². The van der Waals surface area contributed by atoms with Gasteiger partial charge in [0.15, 0.2) is 0 Å². The predicted molar refractivity (Wildman–Crippen MR) is 82.2 cm³/mol. The Labute approximate surface area is 122 Å². The summed E-state index contributed by atoms with van der Waals surface area (Å²) < 4.78 is 9.42. The van der Waals surface area contributed by atoms with Crippen molar-refractivity contribution in [3.63, 3.8) is 0 Å². The lowest BCUT2D eigenvalue weighted by molar-refractivity contribution is 0.190. The highest BCUT2D eigenvalue weighted by Crippen LogP contribution is 2.28. The molecule has 2 rings (SSSR count). The fourth-order valence-electron chi connectivity index (χ4n) is 2.19. The normalized spacial score (nSPS) is 17.9. The molecule has 0 bridgehead atoms. The number of aryl methyl sites for hydroxylation is 1. The monoisotopic (exact) mass is 329 g/mol. The van der Waals surface area contributed by atoms with Gasteiger partial charge in [0, 0.05) is 13.1 Å². The van der Waals surface area contributed by atoms with Gasteiger partial charge in [-0.25, -0.2) is 0 Å². The van der Waals surface area contributed by atoms with Crippen LogP contribution >= 0.6 is 27.9 Å². The Morgan fingerprint density at radius 1 is 1.39 bits per heavy atom. The van der Waals surface area contributed by atoms with Gasteiger partial charge in [0.05, 0.1) is 11.1 Å². The molecule has 1 heterocycles. The van der Waals surface area contributed by atoms with Crippen LogP contribution in [-0.2, 0) is 0 Å². The molecular weight excluding hydrogens is 310 g/mol. The van der Waals surface area contributed by atoms with Crippen LogP contribution in [0.2, 0.25) is 0 Å². The van der Waals surface area contributed by atoms with Crippen molar-refractivity contribution in [1.29, 1.82) is 0 Å². The number of hydrogen-bond acceptors (Lipinski definition) is 3. The molecule has 0 N–H and O–H groups in total. The number of nitrogens with zero attached hydrogens (tertiary/aromatic N) is 1. The molecule has 0 aromatic heterocycles. The van der Waals surface area contributed by atoms with Crippen molar-refractivity contribution in [2.75, 3.05) is 26.0 Å². The predicted octanol–water partition coefficient (Wildman–Crippen LogP) is 4.13. The summed E-state index contributed by atoms with van der Waals surface area (Å²) in [6.45, 7) is 5.30. The molecule has 0 spiro atoms. The maximum absolute atomic E-state index is 5.93. The highest BCUT2D eigenvalue weighted by atomic mass is 79.9. The van der Waals surface area contributed by atoms with Crippen molar-refractivity contribution in [2.45, 2.75) is 19.8 Å². The van der Waals surface area contributed by atoms with Gasteiger partial charge in [-0.1, -0.05) is 18.0 Å². The maximum atomic E-state index is 5.93. The first-order valence-electron chi connectivity index (χ1n) is 6.37. The zero-order chi connectivity index (χ0) is 13.0. The molecule has 0 amide bonds. The molecule has 1 fully saturated rings. The third kappa shape index (κ3) is 3.90. The van der Waals surface area contributed by atoms with Crippen LogP contribution in [0, 0.1) is 12.8 Å². The summed E-state index contributed by atoms with van der Waals surface area (Å²) in [6, 6.07) is 6.25. The molecule has 2 nitrogen and oxygen atoms in total. The minimum absolute atomic E-state index is 0.696. The summed E-state index contributed by atoms with van der Waals surface area (Å²) in [6.07, 6.45) is 4.63. The third-order valence-electron chi connectivity index (χ3n) is 3.39. The van der Waals surface area contributed by atoms with E-state index in [0.717, 1.165) is 16.8 Å². The van der Waals surface area contributed by atoms with Gasteiger partial charge in [-0.2, -0.15) is 0 Å². The van der Waals surface area contributed by atoms with Gasteiger partial charge < -0.3 is 4.74 Å². The second kappa shape index (κ2) is 6.83. The molecule has 0 aliphatic carbocycles. The molecular formula is C14H20BrNOS. The Morgan fingerprint density at radius 3 is 2.72 bits per heavy atom. The van der Waals surface area contributed by atoms with Gasteiger partial charge in [-0.05, 0) is 65.6 Å². The Morgan fingerprint density at radius 2 is 2.11 bits per heavy atom. The molecule has 1 aromatic carbocycles. The molecule has 18 heavy (non-hydrogen) atoms. The van der Waals surface area contributed by atoms with Crippen LogP contribution < -0.4 is 4.74 Å². The van der Waals surface area contributed by atoms with Crippen molar-refractivity contribution in [3.8, 4) is 5.75 Å². The van der Waals surface area contributed by atoms with Crippen LogP contribution in [-0.4, -0.2) is 30.3 Å². The van der Waals surface area contributed by atoms with Crippen LogP contribution in [0.15, 0.2) is 22.7 Å². The number of rotatable bonds is 4. The number of benzene rings is 1. The Bertz CT molecular complexity index is 391.